The molecule has 1 aromatic heterocycles. The molecule has 0 aliphatic carbocycles. The Kier molecular flexibility index (Phi) is 5.13. The first-order valence-electron chi connectivity index (χ1n) is 6.40. The number of aromatic nitrogens is 1. The van der Waals surface area contributed by atoms with Gasteiger partial charge >= 0.3 is 0 Å². The van der Waals surface area contributed by atoms with E-state index in [-0.39, 0.29) is 17.7 Å². The molecule has 0 aromatic carbocycles. The zero-order valence-electron chi connectivity index (χ0n) is 11.5. The van der Waals surface area contributed by atoms with Crippen molar-refractivity contribution in [2.45, 2.75) is 46.6 Å². The van der Waals surface area contributed by atoms with Gasteiger partial charge in [-0.05, 0) is 38.7 Å². The molecule has 0 saturated heterocycles. The molecule has 0 saturated carbocycles. The van der Waals surface area contributed by atoms with E-state index in [9.17, 15) is 9.59 Å². The summed E-state index contributed by atoms with van der Waals surface area (Å²) in [6.45, 7) is 7.81. The minimum Gasteiger partial charge on any atom is -0.356 e. The van der Waals surface area contributed by atoms with Gasteiger partial charge in [0.2, 0.25) is 0 Å². The standard InChI is InChI=1S/C14H22N2O2/c1-9(2)5-6-10(3)16-14(18)13-7-12(8-15-13)11(4)17/h7-10,15H,5-6H2,1-4H3,(H,16,18). The molecule has 4 heteroatoms. The second kappa shape index (κ2) is 6.38. The van der Waals surface area contributed by atoms with Crippen molar-refractivity contribution in [2.24, 2.45) is 5.92 Å². The van der Waals surface area contributed by atoms with Crippen LogP contribution < -0.4 is 5.32 Å². The first-order valence-corrected chi connectivity index (χ1v) is 6.40. The molecule has 1 amide bonds. The van der Waals surface area contributed by atoms with Crippen LogP contribution in [0.4, 0.5) is 0 Å². The van der Waals surface area contributed by atoms with Crippen molar-refractivity contribution < 1.29 is 9.59 Å². The molecule has 4 nitrogen and oxygen atoms in total. The Morgan fingerprint density at radius 2 is 1.94 bits per heavy atom. The summed E-state index contributed by atoms with van der Waals surface area (Å²) in [5, 5.41) is 2.92. The molecule has 2 N–H and O–H groups in total. The van der Waals surface area contributed by atoms with Gasteiger partial charge in [-0.2, -0.15) is 0 Å². The minimum atomic E-state index is -0.154. The smallest absolute Gasteiger partial charge is 0.267 e. The van der Waals surface area contributed by atoms with Crippen LogP contribution in [0.2, 0.25) is 0 Å². The molecule has 1 atom stereocenters. The van der Waals surface area contributed by atoms with Crippen molar-refractivity contribution in [2.75, 3.05) is 0 Å². The second-order valence-corrected chi connectivity index (χ2v) is 5.20. The summed E-state index contributed by atoms with van der Waals surface area (Å²) in [7, 11) is 0. The number of carbonyl (C=O) groups excluding carboxylic acids is 2. The maximum atomic E-state index is 11.9. The molecule has 1 aromatic rings. The van der Waals surface area contributed by atoms with E-state index < -0.39 is 0 Å². The Morgan fingerprint density at radius 1 is 1.28 bits per heavy atom. The van der Waals surface area contributed by atoms with E-state index in [1.807, 2.05) is 6.92 Å². The van der Waals surface area contributed by atoms with Crippen LogP contribution in [-0.4, -0.2) is 22.7 Å². The van der Waals surface area contributed by atoms with E-state index in [1.54, 1.807) is 12.3 Å². The van der Waals surface area contributed by atoms with Gasteiger partial charge in [-0.1, -0.05) is 13.8 Å². The zero-order chi connectivity index (χ0) is 13.7. The molecule has 1 unspecified atom stereocenters. The lowest BCUT2D eigenvalue weighted by Crippen LogP contribution is -2.32. The SMILES string of the molecule is CC(=O)c1c[nH]c(C(=O)NC(C)CCC(C)C)c1. The van der Waals surface area contributed by atoms with Crippen LogP contribution in [0.15, 0.2) is 12.3 Å². The quantitative estimate of drug-likeness (QED) is 0.763. The highest BCUT2D eigenvalue weighted by Crippen LogP contribution is 2.08. The van der Waals surface area contributed by atoms with Crippen LogP contribution in [0.25, 0.3) is 0 Å². The maximum Gasteiger partial charge on any atom is 0.267 e. The van der Waals surface area contributed by atoms with Gasteiger partial charge in [-0.3, -0.25) is 9.59 Å². The molecule has 0 aliphatic rings. The van der Waals surface area contributed by atoms with Crippen LogP contribution in [0.1, 0.15) is 61.4 Å². The largest absolute Gasteiger partial charge is 0.356 e. The fraction of sp³-hybridized carbons (Fsp3) is 0.571. The van der Waals surface area contributed by atoms with Crippen LogP contribution in [0.5, 0.6) is 0 Å². The van der Waals surface area contributed by atoms with E-state index >= 15 is 0 Å². The molecule has 0 radical (unpaired) electrons. The highest BCUT2D eigenvalue weighted by Gasteiger charge is 2.13. The van der Waals surface area contributed by atoms with Crippen LogP contribution in [0.3, 0.4) is 0 Å². The summed E-state index contributed by atoms with van der Waals surface area (Å²) >= 11 is 0. The Hall–Kier alpha value is -1.58. The molecule has 1 heterocycles. The lowest BCUT2D eigenvalue weighted by atomic mass is 10.0. The number of amides is 1. The van der Waals surface area contributed by atoms with E-state index in [4.69, 9.17) is 0 Å². The molecule has 0 bridgehead atoms. The van der Waals surface area contributed by atoms with Gasteiger partial charge in [-0.25, -0.2) is 0 Å². The van der Waals surface area contributed by atoms with E-state index in [2.05, 4.69) is 24.1 Å². The third-order valence-electron chi connectivity index (χ3n) is 2.89. The summed E-state index contributed by atoms with van der Waals surface area (Å²) in [5.74, 6) is 0.441. The number of H-pyrrole nitrogens is 1. The van der Waals surface area contributed by atoms with Gasteiger partial charge in [0, 0.05) is 17.8 Å². The predicted octanol–water partition coefficient (Wildman–Crippen LogP) is 2.77. The number of nitrogens with one attached hydrogen (secondary N) is 2. The number of hydrogen-bond acceptors (Lipinski definition) is 2. The maximum absolute atomic E-state index is 11.9. The molecule has 100 valence electrons. The number of carbonyl (C=O) groups is 2. The van der Waals surface area contributed by atoms with Crippen molar-refractivity contribution in [3.05, 3.63) is 23.5 Å². The Morgan fingerprint density at radius 3 is 2.44 bits per heavy atom. The molecule has 1 rings (SSSR count). The summed E-state index contributed by atoms with van der Waals surface area (Å²) in [6, 6.07) is 1.73. The number of ketones is 1. The monoisotopic (exact) mass is 250 g/mol. The molecular weight excluding hydrogens is 228 g/mol. The second-order valence-electron chi connectivity index (χ2n) is 5.20. The third kappa shape index (κ3) is 4.35. The fourth-order valence-corrected chi connectivity index (χ4v) is 1.69. The van der Waals surface area contributed by atoms with Crippen molar-refractivity contribution in [1.82, 2.24) is 10.3 Å². The third-order valence-corrected chi connectivity index (χ3v) is 2.89. The predicted molar refractivity (Wildman–Crippen MR) is 71.8 cm³/mol. The zero-order valence-corrected chi connectivity index (χ0v) is 11.5. The van der Waals surface area contributed by atoms with Gasteiger partial charge in [-0.15, -0.1) is 0 Å². The molecular formula is C14H22N2O2. The number of rotatable bonds is 6. The van der Waals surface area contributed by atoms with Gasteiger partial charge in [0.15, 0.2) is 5.78 Å². The van der Waals surface area contributed by atoms with Crippen molar-refractivity contribution in [3.63, 3.8) is 0 Å². The Bertz CT molecular complexity index is 421. The highest BCUT2D eigenvalue weighted by molar-refractivity contribution is 5.99. The lowest BCUT2D eigenvalue weighted by molar-refractivity contribution is 0.0932. The summed E-state index contributed by atoms with van der Waals surface area (Å²) < 4.78 is 0. The first kappa shape index (κ1) is 14.5. The number of hydrogen-bond donors (Lipinski definition) is 2. The Balaban J connectivity index is 2.51. The molecule has 18 heavy (non-hydrogen) atoms. The van der Waals surface area contributed by atoms with Gasteiger partial charge < -0.3 is 10.3 Å². The van der Waals surface area contributed by atoms with Crippen LogP contribution >= 0.6 is 0 Å². The highest BCUT2D eigenvalue weighted by atomic mass is 16.2. The molecule has 0 aliphatic heterocycles. The Labute approximate surface area is 108 Å². The summed E-state index contributed by atoms with van der Waals surface area (Å²) in [4.78, 5) is 25.8. The topological polar surface area (TPSA) is 62.0 Å². The van der Waals surface area contributed by atoms with Gasteiger partial charge in [0.25, 0.3) is 5.91 Å². The lowest BCUT2D eigenvalue weighted by Gasteiger charge is -2.14. The van der Waals surface area contributed by atoms with Crippen molar-refractivity contribution in [1.29, 1.82) is 0 Å². The number of aromatic amines is 1. The minimum absolute atomic E-state index is 0.0434. The normalized spacial score (nSPS) is 12.5. The van der Waals surface area contributed by atoms with Gasteiger partial charge in [0.1, 0.15) is 5.69 Å². The summed E-state index contributed by atoms with van der Waals surface area (Å²) in [6.07, 6.45) is 3.62. The first-order chi connectivity index (χ1) is 8.40. The molecule has 0 spiro atoms. The van der Waals surface area contributed by atoms with Gasteiger partial charge in [0.05, 0.1) is 0 Å². The fourth-order valence-electron chi connectivity index (χ4n) is 1.69. The van der Waals surface area contributed by atoms with Crippen molar-refractivity contribution in [3.8, 4) is 0 Å². The van der Waals surface area contributed by atoms with E-state index in [0.29, 0.717) is 17.2 Å². The van der Waals surface area contributed by atoms with Crippen LogP contribution in [-0.2, 0) is 0 Å². The van der Waals surface area contributed by atoms with Crippen LogP contribution in [0, 0.1) is 5.92 Å². The van der Waals surface area contributed by atoms with E-state index in [1.165, 1.54) is 6.92 Å². The average Bonchev–Trinajstić information content (AvgIpc) is 2.75. The number of Topliss-reactive ketones (excluding diaryl/α,β-unsaturated/α-hetero) is 1. The van der Waals surface area contributed by atoms with Crippen molar-refractivity contribution >= 4 is 11.7 Å². The average molecular weight is 250 g/mol. The van der Waals surface area contributed by atoms with E-state index in [0.717, 1.165) is 12.8 Å². The summed E-state index contributed by atoms with van der Waals surface area (Å²) in [5.41, 5.74) is 0.978. The molecule has 0 fully saturated rings.